The number of carbonyl (C=O) groups is 4. The van der Waals surface area contributed by atoms with Crippen LogP contribution in [0.3, 0.4) is 0 Å². The molecule has 39 heavy (non-hydrogen) atoms. The van der Waals surface area contributed by atoms with Crippen LogP contribution >= 0.6 is 11.6 Å². The van der Waals surface area contributed by atoms with Crippen molar-refractivity contribution in [2.45, 2.75) is 19.4 Å². The molecule has 1 atom stereocenters. The first-order valence-electron chi connectivity index (χ1n) is 12.8. The maximum Gasteiger partial charge on any atom is 0.338 e. The van der Waals surface area contributed by atoms with Crippen LogP contribution in [0.2, 0.25) is 5.02 Å². The lowest BCUT2D eigenvalue weighted by Gasteiger charge is -2.38. The van der Waals surface area contributed by atoms with E-state index in [0.717, 1.165) is 24.3 Å². The van der Waals surface area contributed by atoms with Crippen molar-refractivity contribution in [3.05, 3.63) is 94.5 Å². The number of hydrogen-bond donors (Lipinski definition) is 0. The Balaban J connectivity index is 1.18. The summed E-state index contributed by atoms with van der Waals surface area (Å²) in [5.74, 6) is -1.50. The second-order valence-corrected chi connectivity index (χ2v) is 10.1. The minimum atomic E-state index is -0.657. The van der Waals surface area contributed by atoms with Crippen molar-refractivity contribution in [2.75, 3.05) is 42.6 Å². The molecule has 2 aliphatic heterocycles. The molecular formula is C30H28ClN3O5. The van der Waals surface area contributed by atoms with Gasteiger partial charge in [-0.15, -0.1) is 0 Å². The third-order valence-electron chi connectivity index (χ3n) is 7.18. The number of esters is 1. The van der Waals surface area contributed by atoms with Gasteiger partial charge in [-0.2, -0.15) is 0 Å². The second kappa shape index (κ2) is 11.4. The average molecular weight is 546 g/mol. The number of aryl methyl sites for hydroxylation is 1. The van der Waals surface area contributed by atoms with Crippen LogP contribution in [0.4, 0.5) is 11.4 Å². The molecule has 3 aromatic rings. The normalized spacial score (nSPS) is 17.9. The molecule has 8 nitrogen and oxygen atoms in total. The van der Waals surface area contributed by atoms with Crippen molar-refractivity contribution in [1.29, 1.82) is 0 Å². The van der Waals surface area contributed by atoms with Gasteiger partial charge in [-0.25, -0.2) is 9.69 Å². The molecule has 3 aromatic carbocycles. The fourth-order valence-electron chi connectivity index (χ4n) is 5.04. The number of amides is 2. The average Bonchev–Trinajstić information content (AvgIpc) is 3.26. The van der Waals surface area contributed by atoms with Gasteiger partial charge in [-0.05, 0) is 48.9 Å². The SMILES string of the molecule is Cc1ccc(Cl)cc1N1CCN(C2CC(=O)N(c3ccc(C(=O)OCC(=O)c4ccccc4)cc3)C2=O)CC1. The van der Waals surface area contributed by atoms with E-state index in [0.29, 0.717) is 29.4 Å². The maximum absolute atomic E-state index is 13.3. The Labute approximate surface area is 231 Å². The van der Waals surface area contributed by atoms with Gasteiger partial charge in [0.05, 0.1) is 23.7 Å². The number of halogens is 1. The van der Waals surface area contributed by atoms with Crippen molar-refractivity contribution in [1.82, 2.24) is 4.90 Å². The fourth-order valence-corrected chi connectivity index (χ4v) is 5.20. The van der Waals surface area contributed by atoms with E-state index < -0.39 is 12.0 Å². The van der Waals surface area contributed by atoms with E-state index in [1.54, 1.807) is 42.5 Å². The molecule has 5 rings (SSSR count). The highest BCUT2D eigenvalue weighted by Crippen LogP contribution is 2.29. The number of anilines is 2. The number of hydrogen-bond acceptors (Lipinski definition) is 7. The Morgan fingerprint density at radius 3 is 2.28 bits per heavy atom. The molecule has 0 bridgehead atoms. The summed E-state index contributed by atoms with van der Waals surface area (Å²) in [6, 6.07) is 20.0. The van der Waals surface area contributed by atoms with E-state index in [1.807, 2.05) is 25.1 Å². The lowest BCUT2D eigenvalue weighted by molar-refractivity contribution is -0.123. The zero-order chi connectivity index (χ0) is 27.5. The summed E-state index contributed by atoms with van der Waals surface area (Å²) in [5.41, 5.74) is 3.31. The van der Waals surface area contributed by atoms with Crippen molar-refractivity contribution in [3.63, 3.8) is 0 Å². The Bertz CT molecular complexity index is 1400. The number of Topliss-reactive ketones (excluding diaryl/α,β-unsaturated/α-hetero) is 1. The molecule has 0 N–H and O–H groups in total. The van der Waals surface area contributed by atoms with E-state index in [9.17, 15) is 19.2 Å². The molecule has 0 spiro atoms. The van der Waals surface area contributed by atoms with Crippen molar-refractivity contribution < 1.29 is 23.9 Å². The third kappa shape index (κ3) is 5.72. The van der Waals surface area contributed by atoms with Gasteiger partial charge in [-0.3, -0.25) is 19.3 Å². The predicted molar refractivity (Wildman–Crippen MR) is 148 cm³/mol. The molecule has 2 amide bonds. The molecule has 2 saturated heterocycles. The van der Waals surface area contributed by atoms with Crippen LogP contribution in [-0.4, -0.2) is 67.3 Å². The van der Waals surface area contributed by atoms with Gasteiger partial charge in [0.2, 0.25) is 5.91 Å². The van der Waals surface area contributed by atoms with Crippen LogP contribution in [0, 0.1) is 6.92 Å². The summed E-state index contributed by atoms with van der Waals surface area (Å²) in [4.78, 5) is 56.3. The van der Waals surface area contributed by atoms with E-state index >= 15 is 0 Å². The van der Waals surface area contributed by atoms with E-state index in [1.165, 1.54) is 17.0 Å². The van der Waals surface area contributed by atoms with Crippen LogP contribution < -0.4 is 9.80 Å². The largest absolute Gasteiger partial charge is 0.454 e. The van der Waals surface area contributed by atoms with Crippen LogP contribution in [0.25, 0.3) is 0 Å². The van der Waals surface area contributed by atoms with Gasteiger partial charge in [-0.1, -0.05) is 48.0 Å². The maximum atomic E-state index is 13.3. The van der Waals surface area contributed by atoms with E-state index in [4.69, 9.17) is 16.3 Å². The molecule has 2 fully saturated rings. The van der Waals surface area contributed by atoms with Crippen LogP contribution in [-0.2, 0) is 14.3 Å². The minimum Gasteiger partial charge on any atom is -0.454 e. The number of piperazine rings is 1. The van der Waals surface area contributed by atoms with Crippen molar-refractivity contribution in [2.24, 2.45) is 0 Å². The number of carbonyl (C=O) groups excluding carboxylic acids is 4. The predicted octanol–water partition coefficient (Wildman–Crippen LogP) is 4.14. The van der Waals surface area contributed by atoms with Gasteiger partial charge < -0.3 is 9.64 Å². The molecule has 0 aromatic heterocycles. The van der Waals surface area contributed by atoms with Gasteiger partial charge in [0.15, 0.2) is 12.4 Å². The standard InChI is InChI=1S/C30H28ClN3O5/c1-20-7-10-23(31)17-25(20)32-13-15-33(16-14-32)26-18-28(36)34(29(26)37)24-11-8-22(9-12-24)30(38)39-19-27(35)21-5-3-2-4-6-21/h2-12,17,26H,13-16,18-19H2,1H3. The smallest absolute Gasteiger partial charge is 0.338 e. The van der Waals surface area contributed by atoms with Crippen LogP contribution in [0.15, 0.2) is 72.8 Å². The number of ketones is 1. The zero-order valence-corrected chi connectivity index (χ0v) is 22.3. The summed E-state index contributed by atoms with van der Waals surface area (Å²) < 4.78 is 5.15. The molecule has 9 heteroatoms. The molecule has 200 valence electrons. The molecule has 2 heterocycles. The second-order valence-electron chi connectivity index (χ2n) is 9.65. The summed E-state index contributed by atoms with van der Waals surface area (Å²) in [6.45, 7) is 4.42. The molecule has 2 aliphatic rings. The molecule has 1 unspecified atom stereocenters. The van der Waals surface area contributed by atoms with Gasteiger partial charge in [0.1, 0.15) is 0 Å². The summed E-state index contributed by atoms with van der Waals surface area (Å²) in [6.07, 6.45) is 0.112. The topological polar surface area (TPSA) is 87.2 Å². The highest BCUT2D eigenvalue weighted by atomic mass is 35.5. The molecule has 0 aliphatic carbocycles. The monoisotopic (exact) mass is 545 g/mol. The Morgan fingerprint density at radius 2 is 1.59 bits per heavy atom. The zero-order valence-electron chi connectivity index (χ0n) is 21.5. The quantitative estimate of drug-likeness (QED) is 0.250. The summed E-state index contributed by atoms with van der Waals surface area (Å²) >= 11 is 6.19. The Morgan fingerprint density at radius 1 is 0.897 bits per heavy atom. The summed E-state index contributed by atoms with van der Waals surface area (Å²) in [5, 5.41) is 0.685. The van der Waals surface area contributed by atoms with Gasteiger partial charge in [0.25, 0.3) is 5.91 Å². The first-order valence-corrected chi connectivity index (χ1v) is 13.2. The first-order chi connectivity index (χ1) is 18.8. The highest BCUT2D eigenvalue weighted by molar-refractivity contribution is 6.30. The van der Waals surface area contributed by atoms with Gasteiger partial charge in [0, 0.05) is 42.5 Å². The molecule has 0 radical (unpaired) electrons. The van der Waals surface area contributed by atoms with E-state index in [-0.39, 0.29) is 36.2 Å². The van der Waals surface area contributed by atoms with Crippen molar-refractivity contribution in [3.8, 4) is 0 Å². The first kappa shape index (κ1) is 26.6. The van der Waals surface area contributed by atoms with E-state index in [2.05, 4.69) is 9.80 Å². The Hall–Kier alpha value is -4.01. The number of benzene rings is 3. The lowest BCUT2D eigenvalue weighted by atomic mass is 10.1. The lowest BCUT2D eigenvalue weighted by Crippen LogP contribution is -2.52. The minimum absolute atomic E-state index is 0.112. The number of nitrogens with zero attached hydrogens (tertiary/aromatic N) is 3. The van der Waals surface area contributed by atoms with Gasteiger partial charge >= 0.3 is 5.97 Å². The third-order valence-corrected chi connectivity index (χ3v) is 7.42. The fraction of sp³-hybridized carbons (Fsp3) is 0.267. The Kier molecular flexibility index (Phi) is 7.77. The summed E-state index contributed by atoms with van der Waals surface area (Å²) in [7, 11) is 0. The number of rotatable bonds is 7. The molecule has 0 saturated carbocycles. The van der Waals surface area contributed by atoms with Crippen LogP contribution in [0.5, 0.6) is 0 Å². The van der Waals surface area contributed by atoms with Crippen molar-refractivity contribution >= 4 is 46.5 Å². The van der Waals surface area contributed by atoms with Crippen LogP contribution in [0.1, 0.15) is 32.7 Å². The highest BCUT2D eigenvalue weighted by Gasteiger charge is 2.43. The number of imide groups is 1. The molecular weight excluding hydrogens is 518 g/mol. The number of ether oxygens (including phenoxy) is 1.